The number of thiazole rings is 1. The second-order valence-electron chi connectivity index (χ2n) is 4.36. The molecular weight excluding hydrogens is 282 g/mol. The van der Waals surface area contributed by atoms with Crippen LogP contribution >= 0.6 is 11.3 Å². The summed E-state index contributed by atoms with van der Waals surface area (Å²) in [6.07, 6.45) is -0.993. The third-order valence-corrected chi connectivity index (χ3v) is 5.29. The van der Waals surface area contributed by atoms with Crippen LogP contribution in [0.15, 0.2) is 35.7 Å². The molecule has 0 radical (unpaired) electrons. The fourth-order valence-electron chi connectivity index (χ4n) is 1.73. The summed E-state index contributed by atoms with van der Waals surface area (Å²) in [7, 11) is -3.37. The maximum Gasteiger partial charge on any atom is 0.159 e. The van der Waals surface area contributed by atoms with E-state index in [1.165, 1.54) is 11.3 Å². The van der Waals surface area contributed by atoms with Crippen molar-refractivity contribution in [1.82, 2.24) is 4.98 Å². The van der Waals surface area contributed by atoms with Crippen LogP contribution < -0.4 is 0 Å². The molecule has 1 N–H and O–H groups in total. The predicted octanol–water partition coefficient (Wildman–Crippen LogP) is 2.10. The normalized spacial score (nSPS) is 13.4. The number of benzene rings is 1. The molecule has 0 spiro atoms. The van der Waals surface area contributed by atoms with Gasteiger partial charge in [0, 0.05) is 11.1 Å². The van der Waals surface area contributed by atoms with E-state index in [4.69, 9.17) is 0 Å². The van der Waals surface area contributed by atoms with Crippen molar-refractivity contribution >= 4 is 21.2 Å². The zero-order chi connectivity index (χ0) is 13.9. The molecule has 1 unspecified atom stereocenters. The monoisotopic (exact) mass is 297 g/mol. The Hall–Kier alpha value is -1.24. The van der Waals surface area contributed by atoms with Gasteiger partial charge in [0.15, 0.2) is 9.84 Å². The van der Waals surface area contributed by atoms with Crippen molar-refractivity contribution in [1.29, 1.82) is 0 Å². The average molecular weight is 297 g/mol. The summed E-state index contributed by atoms with van der Waals surface area (Å²) in [5.41, 5.74) is 1.43. The number of aryl methyl sites for hydroxylation is 1. The number of rotatable bonds is 5. The molecule has 102 valence electrons. The first kappa shape index (κ1) is 14.2. The number of aliphatic hydroxyl groups is 1. The summed E-state index contributed by atoms with van der Waals surface area (Å²) in [5, 5.41) is 12.3. The topological polar surface area (TPSA) is 67.3 Å². The van der Waals surface area contributed by atoms with Gasteiger partial charge in [0.05, 0.1) is 11.9 Å². The molecule has 1 atom stereocenters. The second kappa shape index (κ2) is 5.81. The first-order chi connectivity index (χ1) is 8.96. The Balaban J connectivity index is 2.05. The van der Waals surface area contributed by atoms with E-state index in [0.717, 1.165) is 5.69 Å². The Morgan fingerprint density at radius 1 is 1.32 bits per heavy atom. The molecule has 1 heterocycles. The van der Waals surface area contributed by atoms with E-state index in [1.54, 1.807) is 24.3 Å². The van der Waals surface area contributed by atoms with Gasteiger partial charge < -0.3 is 5.11 Å². The van der Waals surface area contributed by atoms with E-state index >= 15 is 0 Å². The molecule has 19 heavy (non-hydrogen) atoms. The number of sulfone groups is 1. The lowest BCUT2D eigenvalue weighted by atomic mass is 10.1. The maximum atomic E-state index is 12.0. The molecule has 0 saturated carbocycles. The minimum absolute atomic E-state index is 0.116. The molecule has 0 aliphatic rings. The summed E-state index contributed by atoms with van der Waals surface area (Å²) in [5.74, 6) is -0.398. The highest BCUT2D eigenvalue weighted by atomic mass is 32.2. The standard InChI is InChI=1S/C13H15NO3S2/c1-10-7-18-13(14-10)9-19(16,17)8-12(15)11-5-3-2-4-6-11/h2-7,12,15H,8-9H2,1H3. The van der Waals surface area contributed by atoms with E-state index < -0.39 is 15.9 Å². The van der Waals surface area contributed by atoms with Gasteiger partial charge in [0.25, 0.3) is 0 Å². The molecule has 1 aromatic carbocycles. The maximum absolute atomic E-state index is 12.0. The van der Waals surface area contributed by atoms with Crippen molar-refractivity contribution in [3.63, 3.8) is 0 Å². The smallest absolute Gasteiger partial charge is 0.159 e. The summed E-state index contributed by atoms with van der Waals surface area (Å²) < 4.78 is 24.0. The number of hydrogen-bond acceptors (Lipinski definition) is 5. The molecule has 0 fully saturated rings. The van der Waals surface area contributed by atoms with Crippen molar-refractivity contribution in [3.8, 4) is 0 Å². The van der Waals surface area contributed by atoms with Gasteiger partial charge in [-0.15, -0.1) is 11.3 Å². The molecule has 0 bridgehead atoms. The van der Waals surface area contributed by atoms with Gasteiger partial charge in [-0.3, -0.25) is 0 Å². The Labute approximate surface area is 116 Å². The Bertz CT molecular complexity index is 635. The molecule has 2 rings (SSSR count). The third kappa shape index (κ3) is 4.12. The lowest BCUT2D eigenvalue weighted by Crippen LogP contribution is -2.16. The third-order valence-electron chi connectivity index (χ3n) is 2.61. The lowest BCUT2D eigenvalue weighted by molar-refractivity contribution is 0.201. The summed E-state index contributed by atoms with van der Waals surface area (Å²) >= 11 is 1.33. The highest BCUT2D eigenvalue weighted by molar-refractivity contribution is 7.90. The zero-order valence-corrected chi connectivity index (χ0v) is 12.1. The SMILES string of the molecule is Cc1csc(CS(=O)(=O)CC(O)c2ccccc2)n1. The average Bonchev–Trinajstić information content (AvgIpc) is 2.74. The van der Waals surface area contributed by atoms with E-state index in [0.29, 0.717) is 10.6 Å². The van der Waals surface area contributed by atoms with Crippen LogP contribution in [0.5, 0.6) is 0 Å². The van der Waals surface area contributed by atoms with Gasteiger partial charge in [0.1, 0.15) is 10.8 Å². The molecule has 4 nitrogen and oxygen atoms in total. The van der Waals surface area contributed by atoms with Crippen molar-refractivity contribution < 1.29 is 13.5 Å². The molecule has 6 heteroatoms. The van der Waals surface area contributed by atoms with Crippen LogP contribution in [0.3, 0.4) is 0 Å². The first-order valence-electron chi connectivity index (χ1n) is 5.81. The predicted molar refractivity (Wildman–Crippen MR) is 75.7 cm³/mol. The van der Waals surface area contributed by atoms with Crippen molar-refractivity contribution in [2.24, 2.45) is 0 Å². The van der Waals surface area contributed by atoms with Crippen molar-refractivity contribution in [2.75, 3.05) is 5.75 Å². The quantitative estimate of drug-likeness (QED) is 0.917. The minimum atomic E-state index is -3.37. The van der Waals surface area contributed by atoms with Gasteiger partial charge in [0.2, 0.25) is 0 Å². The molecule has 1 aromatic heterocycles. The number of aromatic nitrogens is 1. The molecule has 0 saturated heterocycles. The van der Waals surface area contributed by atoms with Gasteiger partial charge >= 0.3 is 0 Å². The van der Waals surface area contributed by atoms with Gasteiger partial charge in [-0.1, -0.05) is 30.3 Å². The van der Waals surface area contributed by atoms with Gasteiger partial charge in [-0.25, -0.2) is 13.4 Å². The molecule has 0 aliphatic heterocycles. The van der Waals surface area contributed by atoms with E-state index in [-0.39, 0.29) is 11.5 Å². The molecule has 2 aromatic rings. The second-order valence-corrected chi connectivity index (χ2v) is 7.42. The van der Waals surface area contributed by atoms with Crippen LogP contribution in [0.2, 0.25) is 0 Å². The summed E-state index contributed by atoms with van der Waals surface area (Å²) in [6, 6.07) is 8.80. The first-order valence-corrected chi connectivity index (χ1v) is 8.51. The zero-order valence-electron chi connectivity index (χ0n) is 10.5. The highest BCUT2D eigenvalue weighted by Crippen LogP contribution is 2.18. The fraction of sp³-hybridized carbons (Fsp3) is 0.308. The summed E-state index contributed by atoms with van der Waals surface area (Å²) in [4.78, 5) is 4.13. The van der Waals surface area contributed by atoms with Crippen molar-refractivity contribution in [2.45, 2.75) is 18.8 Å². The lowest BCUT2D eigenvalue weighted by Gasteiger charge is -2.10. The molecular formula is C13H15NO3S2. The van der Waals surface area contributed by atoms with E-state index in [2.05, 4.69) is 4.98 Å². The van der Waals surface area contributed by atoms with Gasteiger partial charge in [-0.2, -0.15) is 0 Å². The minimum Gasteiger partial charge on any atom is -0.387 e. The molecule has 0 amide bonds. The summed E-state index contributed by atoms with van der Waals surface area (Å²) in [6.45, 7) is 1.82. The van der Waals surface area contributed by atoms with E-state index in [9.17, 15) is 13.5 Å². The van der Waals surface area contributed by atoms with Crippen LogP contribution in [-0.4, -0.2) is 24.3 Å². The largest absolute Gasteiger partial charge is 0.387 e. The van der Waals surface area contributed by atoms with Crippen LogP contribution in [-0.2, 0) is 15.6 Å². The van der Waals surface area contributed by atoms with Crippen LogP contribution in [0.25, 0.3) is 0 Å². The van der Waals surface area contributed by atoms with Gasteiger partial charge in [-0.05, 0) is 12.5 Å². The number of aliphatic hydroxyl groups excluding tert-OH is 1. The Kier molecular flexibility index (Phi) is 4.34. The Morgan fingerprint density at radius 3 is 2.58 bits per heavy atom. The number of hydrogen-bond donors (Lipinski definition) is 1. The number of nitrogens with zero attached hydrogens (tertiary/aromatic N) is 1. The van der Waals surface area contributed by atoms with E-state index in [1.807, 2.05) is 18.4 Å². The Morgan fingerprint density at radius 2 is 2.00 bits per heavy atom. The van der Waals surface area contributed by atoms with Crippen LogP contribution in [0.1, 0.15) is 22.4 Å². The van der Waals surface area contributed by atoms with Crippen LogP contribution in [0.4, 0.5) is 0 Å². The highest BCUT2D eigenvalue weighted by Gasteiger charge is 2.20. The van der Waals surface area contributed by atoms with Crippen molar-refractivity contribution in [3.05, 3.63) is 52.0 Å². The fourth-order valence-corrected chi connectivity index (χ4v) is 4.33. The molecule has 0 aliphatic carbocycles. The van der Waals surface area contributed by atoms with Crippen LogP contribution in [0, 0.1) is 6.92 Å².